The molecule has 6 saturated carbocycles. The van der Waals surface area contributed by atoms with Crippen molar-refractivity contribution in [2.75, 3.05) is 53.8 Å². The average Bonchev–Trinajstić information content (AvgIpc) is 0.749. The van der Waals surface area contributed by atoms with Gasteiger partial charge in [-0.25, -0.2) is 9.97 Å². The average molecular weight is 1690 g/mol. The maximum atomic E-state index is 14.2. The van der Waals surface area contributed by atoms with Gasteiger partial charge in [0.15, 0.2) is 17.3 Å². The summed E-state index contributed by atoms with van der Waals surface area (Å²) in [5, 5.41) is 20.2. The maximum absolute atomic E-state index is 14.2. The molecular weight excluding hydrogens is 1570 g/mol. The Kier molecular flexibility index (Phi) is 31.2. The van der Waals surface area contributed by atoms with E-state index in [-0.39, 0.29) is 118 Å². The summed E-state index contributed by atoms with van der Waals surface area (Å²) >= 11 is 18.8. The van der Waals surface area contributed by atoms with E-state index in [1.807, 2.05) is 49.4 Å². The van der Waals surface area contributed by atoms with Gasteiger partial charge in [-0.05, 0) is 180 Å². The summed E-state index contributed by atoms with van der Waals surface area (Å²) in [6, 6.07) is 15.2. The van der Waals surface area contributed by atoms with E-state index in [0.717, 1.165) is 77.1 Å². The number of ketones is 3. The fraction of sp³-hybridized carbons (Fsp3) is 0.658. The molecule has 103 heavy (non-hydrogen) atoms. The number of rotatable bonds is 17. The van der Waals surface area contributed by atoms with Gasteiger partial charge in [0, 0.05) is 90.5 Å². The van der Waals surface area contributed by atoms with E-state index < -0.39 is 17.3 Å². The highest BCUT2D eigenvalue weighted by Crippen LogP contribution is 2.66. The molecule has 6 aliphatic rings. The monoisotopic (exact) mass is 1680 g/mol. The molecule has 0 amide bonds. The lowest BCUT2D eigenvalue weighted by Crippen LogP contribution is -2.56. The Bertz CT molecular complexity index is 3640. The first-order chi connectivity index (χ1) is 48.7. The third kappa shape index (κ3) is 21.2. The molecule has 6 aliphatic carbocycles. The number of imidazole rings is 2. The van der Waals surface area contributed by atoms with Crippen LogP contribution in [0.5, 0.6) is 34.5 Å². The van der Waals surface area contributed by atoms with Crippen molar-refractivity contribution >= 4 is 101 Å². The Morgan fingerprint density at radius 3 is 1.11 bits per heavy atom. The molecule has 2 N–H and O–H groups in total. The molecule has 16 nitrogen and oxygen atoms in total. The molecule has 0 spiro atoms. The molecular formula is C79H115BBr3Cl2FN4O12S. The highest BCUT2D eigenvalue weighted by atomic mass is 79.9. The number of carbonyl (C=O) groups excluding carboxylic acids is 3. The van der Waals surface area contributed by atoms with Crippen molar-refractivity contribution in [2.45, 2.75) is 173 Å². The van der Waals surface area contributed by atoms with Crippen LogP contribution in [0.2, 0.25) is 0 Å². The molecule has 3 unspecified atom stereocenters. The predicted octanol–water partition coefficient (Wildman–Crippen LogP) is 20.3. The number of fused-ring (bicyclic) bond motifs is 3. The minimum Gasteiger partial charge on any atom is -0.508 e. The van der Waals surface area contributed by atoms with Crippen molar-refractivity contribution < 1.29 is 61.9 Å². The van der Waals surface area contributed by atoms with Crippen LogP contribution in [0.25, 0.3) is 0 Å². The van der Waals surface area contributed by atoms with Crippen LogP contribution in [0.1, 0.15) is 193 Å². The number of phenolic OH excluding ortho intramolecular Hbond substituents is 2. The zero-order valence-corrected chi connectivity index (χ0v) is 70.7. The summed E-state index contributed by atoms with van der Waals surface area (Å²) in [7, 11) is 1.87. The van der Waals surface area contributed by atoms with Gasteiger partial charge in [0.1, 0.15) is 34.5 Å². The molecule has 15 atom stereocenters. The van der Waals surface area contributed by atoms with E-state index in [4.69, 9.17) is 47.7 Å². The lowest BCUT2D eigenvalue weighted by Gasteiger charge is -2.60. The van der Waals surface area contributed by atoms with Gasteiger partial charge >= 0.3 is 3.18 Å². The van der Waals surface area contributed by atoms with Gasteiger partial charge in [-0.15, -0.1) is 70.5 Å². The summed E-state index contributed by atoms with van der Waals surface area (Å²) < 4.78 is 70.5. The van der Waals surface area contributed by atoms with Gasteiger partial charge < -0.3 is 38.3 Å². The zero-order valence-electron chi connectivity index (χ0n) is 64.6. The standard InChI is InChI=1S/C27H38N2O3.C25H34N2O3.C25H38O6S.CH2Cl2.CH3F.BBr3/c1-18-20(16-29-11-10-28-17-29)14-23-26(2,3)8-7-9-27(23,4)24(18)25(30)19-12-21(31-5)15-22(13-19)32-6;1-16-18(14-27-9-8-26-15-27)12-21-24(2,3)6-5-7-25(21,4)22(16)23(30)17-10-19(28)13-20(29)11-17;1-16-18(15-31-32(7,27)28)13-21-24(2,3)9-8-10-25(21,4)22(16)23(26)17-11-19(29-5)14-20(12-17)30-6;2-1-3;1-2;2-1(3)4/h10-13,15,17-18,20,23-24H,7-9,14,16H2,1-6H3;8-11,13,15-16,18,21-22,28-29H,5-7,12,14H2,1-4H3;11-12,14,16,18,21-22H,8-10,13,15H2,1-7H3;1H2;1H3;/t18-,20-,23?,24-,27+;2*16-,18-,21?,22-,25+;;;/m111.../s1/i;;;;1D;. The van der Waals surface area contributed by atoms with Crippen molar-refractivity contribution in [1.29, 1.82) is 0 Å². The van der Waals surface area contributed by atoms with Gasteiger partial charge in [0.25, 0.3) is 10.1 Å². The van der Waals surface area contributed by atoms with Crippen LogP contribution < -0.4 is 18.9 Å². The normalized spacial score (nSPS) is 30.0. The zero-order chi connectivity index (χ0) is 77.7. The minimum absolute atomic E-state index is 0.0124. The Balaban J connectivity index is 0.000000230. The number of aromatic nitrogens is 4. The lowest BCUT2D eigenvalue weighted by molar-refractivity contribution is -0.107. The second-order valence-electron chi connectivity index (χ2n) is 32.6. The Labute approximate surface area is 651 Å². The number of hydrogen-bond acceptors (Lipinski definition) is 14. The number of benzene rings is 3. The SMILES string of the molecule is BrB(Br)Br.COc1cc(OC)cc(C(=O)[C@H]2[C@H](C)[C@@H](COS(C)(=O)=O)CC3C(C)(C)CCC[C@@]32C)c1.COc1cc(OC)cc(C(=O)[C@H]2[C@H](C)[C@@H](Cn3ccnc3)CC3C(C)(C)CCC[C@@]32C)c1.C[C@@H]1[C@@H](Cn2ccnc2)CC2C(C)(C)CCC[C@]2(C)[C@H]1C(=O)c1cc(O)cc(O)c1.ClCCl.[2H]CF. The van der Waals surface area contributed by atoms with E-state index >= 15 is 0 Å². The first-order valence-corrected chi connectivity index (χ1v) is 41.6. The van der Waals surface area contributed by atoms with E-state index in [9.17, 15) is 37.4 Å². The van der Waals surface area contributed by atoms with E-state index in [2.05, 4.69) is 149 Å². The maximum Gasteiger partial charge on any atom is 0.369 e. The quantitative estimate of drug-likeness (QED) is 0.0384. The van der Waals surface area contributed by atoms with Gasteiger partial charge in [-0.3, -0.25) is 23.0 Å². The third-order valence-electron chi connectivity index (χ3n) is 25.2. The summed E-state index contributed by atoms with van der Waals surface area (Å²) in [5.41, 5.74) is 1.89. The van der Waals surface area contributed by atoms with Crippen molar-refractivity contribution in [1.82, 2.24) is 19.1 Å². The third-order valence-corrected chi connectivity index (χ3v) is 25.8. The van der Waals surface area contributed by atoms with Crippen LogP contribution >= 0.6 is 70.5 Å². The fourth-order valence-electron chi connectivity index (χ4n) is 20.6. The lowest BCUT2D eigenvalue weighted by atomic mass is 9.44. The molecule has 2 heterocycles. The van der Waals surface area contributed by atoms with Crippen LogP contribution in [0.15, 0.2) is 92.0 Å². The second-order valence-corrected chi connectivity index (χ2v) is 41.5. The summed E-state index contributed by atoms with van der Waals surface area (Å²) in [6.45, 7) is 29.6. The number of alkyl halides is 3. The van der Waals surface area contributed by atoms with Gasteiger partial charge in [0.05, 0.1) is 67.8 Å². The van der Waals surface area contributed by atoms with Crippen LogP contribution in [-0.4, -0.2) is 112 Å². The first-order valence-electron chi connectivity index (χ1n) is 36.7. The van der Waals surface area contributed by atoms with Crippen LogP contribution in [0, 0.1) is 104 Å². The fourth-order valence-corrected chi connectivity index (χ4v) is 21.0. The molecule has 11 rings (SSSR count). The van der Waals surface area contributed by atoms with Crippen molar-refractivity contribution in [3.8, 4) is 34.5 Å². The molecule has 2 aromatic heterocycles. The number of carbonyl (C=O) groups is 3. The molecule has 6 fully saturated rings. The minimum atomic E-state index is -3.55. The van der Waals surface area contributed by atoms with Gasteiger partial charge in [-0.1, -0.05) is 102 Å². The summed E-state index contributed by atoms with van der Waals surface area (Å²) in [6.07, 6.45) is 25.7. The number of aromatic hydroxyl groups is 2. The van der Waals surface area contributed by atoms with Crippen LogP contribution in [0.3, 0.4) is 0 Å². The number of halogens is 6. The Morgan fingerprint density at radius 1 is 0.553 bits per heavy atom. The molecule has 0 radical (unpaired) electrons. The smallest absolute Gasteiger partial charge is 0.369 e. The topological polar surface area (TPSA) is 208 Å². The predicted molar refractivity (Wildman–Crippen MR) is 423 cm³/mol. The molecule has 0 aliphatic heterocycles. The summed E-state index contributed by atoms with van der Waals surface area (Å²) in [5.74, 6) is 4.78. The molecule has 0 bridgehead atoms. The Hall–Kier alpha value is -4.19. The molecule has 574 valence electrons. The summed E-state index contributed by atoms with van der Waals surface area (Å²) in [4.78, 5) is 50.7. The molecule has 5 aromatic rings. The number of nitrogens with zero attached hydrogens (tertiary/aromatic N) is 4. The van der Waals surface area contributed by atoms with E-state index in [1.54, 1.807) is 52.8 Å². The van der Waals surface area contributed by atoms with Crippen LogP contribution in [0.4, 0.5) is 4.39 Å². The van der Waals surface area contributed by atoms with Gasteiger partial charge in [0.2, 0.25) is 0 Å². The molecule has 3 aromatic carbocycles. The van der Waals surface area contributed by atoms with Crippen molar-refractivity contribution in [3.63, 3.8) is 0 Å². The highest BCUT2D eigenvalue weighted by molar-refractivity contribution is 9.69. The highest BCUT2D eigenvalue weighted by Gasteiger charge is 2.62. The first kappa shape index (κ1) is 86.1. The Morgan fingerprint density at radius 2 is 0.835 bits per heavy atom. The molecule has 24 heteroatoms. The van der Waals surface area contributed by atoms with Crippen molar-refractivity contribution in [2.24, 2.45) is 104 Å². The largest absolute Gasteiger partial charge is 0.508 e. The van der Waals surface area contributed by atoms with Gasteiger partial charge in [-0.2, -0.15) is 8.42 Å². The second kappa shape index (κ2) is 37.3. The van der Waals surface area contributed by atoms with E-state index in [0.29, 0.717) is 69.3 Å². The number of hydrogen-bond donors (Lipinski definition) is 2. The number of methoxy groups -OCH3 is 4. The van der Waals surface area contributed by atoms with Crippen LogP contribution in [-0.2, 0) is 27.4 Å². The number of phenols is 2. The van der Waals surface area contributed by atoms with Crippen molar-refractivity contribution in [3.05, 3.63) is 109 Å². The number of Topliss-reactive ketones (excluding diaryl/α,β-unsaturated/α-hetero) is 3. The molecule has 0 saturated heterocycles. The number of ether oxygens (including phenoxy) is 4. The van der Waals surface area contributed by atoms with E-state index in [1.165, 1.54) is 37.5 Å².